The molecule has 3 heterocycles. The number of halogens is 6. The lowest BCUT2D eigenvalue weighted by Gasteiger charge is -2.19. The summed E-state index contributed by atoms with van der Waals surface area (Å²) in [6.45, 7) is 0.694. The Kier molecular flexibility index (Phi) is 8.06. The Morgan fingerprint density at radius 1 is 0.975 bits per heavy atom. The molecular weight excluding hydrogens is 595 g/mol. The van der Waals surface area contributed by atoms with Crippen LogP contribution in [0.5, 0.6) is 5.75 Å². The first-order chi connectivity index (χ1) is 19.0. The predicted octanol–water partition coefficient (Wildman–Crippen LogP) is 7.75. The van der Waals surface area contributed by atoms with Crippen molar-refractivity contribution >= 4 is 65.7 Å². The van der Waals surface area contributed by atoms with Crippen LogP contribution >= 0.6 is 34.3 Å². The quantitative estimate of drug-likeness (QED) is 0.210. The van der Waals surface area contributed by atoms with Gasteiger partial charge in [-0.3, -0.25) is 4.79 Å². The van der Waals surface area contributed by atoms with Gasteiger partial charge in [0.05, 0.1) is 26.0 Å². The van der Waals surface area contributed by atoms with Crippen molar-refractivity contribution in [3.8, 4) is 5.75 Å². The number of nitrogens with one attached hydrogen (secondary N) is 1. The van der Waals surface area contributed by atoms with E-state index in [9.17, 15) is 26.7 Å². The first-order valence-corrected chi connectivity index (χ1v) is 13.7. The third-order valence-electron chi connectivity index (χ3n) is 5.82. The Balaban J connectivity index is 0.000000244. The van der Waals surface area contributed by atoms with Crippen molar-refractivity contribution in [3.05, 3.63) is 82.3 Å². The monoisotopic (exact) mass is 612 g/mol. The molecule has 0 radical (unpaired) electrons. The van der Waals surface area contributed by atoms with Gasteiger partial charge >= 0.3 is 6.36 Å². The molecule has 208 valence electrons. The zero-order valence-electron chi connectivity index (χ0n) is 20.2. The lowest BCUT2D eigenvalue weighted by atomic mass is 10.2. The first-order valence-electron chi connectivity index (χ1n) is 11.7. The molecule has 0 aliphatic carbocycles. The van der Waals surface area contributed by atoms with Crippen LogP contribution in [-0.4, -0.2) is 46.3 Å². The van der Waals surface area contributed by atoms with Gasteiger partial charge in [0, 0.05) is 19.1 Å². The van der Waals surface area contributed by atoms with Crippen molar-refractivity contribution in [1.29, 1.82) is 0 Å². The highest BCUT2D eigenvalue weighted by Gasteiger charge is 2.34. The van der Waals surface area contributed by atoms with Gasteiger partial charge in [0.1, 0.15) is 17.4 Å². The molecule has 1 atom stereocenters. The van der Waals surface area contributed by atoms with Crippen LogP contribution in [0, 0.1) is 11.6 Å². The fourth-order valence-electron chi connectivity index (χ4n) is 4.10. The van der Waals surface area contributed by atoms with Gasteiger partial charge in [0.25, 0.3) is 5.91 Å². The SMILES string of the molecule is Fc1ccc2nc(Cl)sc2c1.O=C(c1ccccc1OC(F)(F)F)N1CC[C@@H](Nc2nc3ccc(F)cc3s2)C1. The molecule has 40 heavy (non-hydrogen) atoms. The van der Waals surface area contributed by atoms with Crippen LogP contribution < -0.4 is 10.1 Å². The normalized spacial score (nSPS) is 15.2. The number of hydrogen-bond donors (Lipinski definition) is 1. The number of aromatic nitrogens is 2. The summed E-state index contributed by atoms with van der Waals surface area (Å²) < 4.78 is 69.6. The van der Waals surface area contributed by atoms with E-state index >= 15 is 0 Å². The number of hydrogen-bond acceptors (Lipinski definition) is 7. The molecule has 0 spiro atoms. The number of benzene rings is 3. The third kappa shape index (κ3) is 6.77. The molecule has 6 nitrogen and oxygen atoms in total. The molecule has 0 unspecified atom stereocenters. The van der Waals surface area contributed by atoms with Crippen LogP contribution in [0.15, 0.2) is 60.7 Å². The highest BCUT2D eigenvalue weighted by molar-refractivity contribution is 7.22. The summed E-state index contributed by atoms with van der Waals surface area (Å²) >= 11 is 8.20. The molecule has 14 heteroatoms. The Hall–Kier alpha value is -3.55. The third-order valence-corrected chi connectivity index (χ3v) is 7.89. The number of carbonyl (C=O) groups is 1. The number of carbonyl (C=O) groups excluding carboxylic acids is 1. The van der Waals surface area contributed by atoms with Crippen LogP contribution in [0.2, 0.25) is 4.47 Å². The zero-order valence-corrected chi connectivity index (χ0v) is 22.6. The molecule has 1 aliphatic rings. The van der Waals surface area contributed by atoms with E-state index in [1.807, 2.05) is 0 Å². The lowest BCUT2D eigenvalue weighted by molar-refractivity contribution is -0.274. The number of alkyl halides is 3. The molecule has 5 aromatic rings. The van der Waals surface area contributed by atoms with Crippen molar-refractivity contribution in [1.82, 2.24) is 14.9 Å². The van der Waals surface area contributed by atoms with Gasteiger partial charge < -0.3 is 15.0 Å². The van der Waals surface area contributed by atoms with E-state index in [0.29, 0.717) is 39.3 Å². The van der Waals surface area contributed by atoms with Crippen LogP contribution in [-0.2, 0) is 0 Å². The molecule has 6 rings (SSSR count). The summed E-state index contributed by atoms with van der Waals surface area (Å²) in [4.78, 5) is 22.6. The molecule has 2 aromatic heterocycles. The molecule has 3 aromatic carbocycles. The van der Waals surface area contributed by atoms with Crippen molar-refractivity contribution in [3.63, 3.8) is 0 Å². The largest absolute Gasteiger partial charge is 0.573 e. The van der Waals surface area contributed by atoms with E-state index < -0.39 is 18.0 Å². The minimum atomic E-state index is -4.88. The standard InChI is InChI=1S/C19H15F4N3O2S.C7H3ClFNS/c20-11-5-6-14-16(9-11)29-18(25-14)24-12-7-8-26(10-12)17(27)13-3-1-2-4-15(13)28-19(21,22)23;8-7-10-5-2-1-4(9)3-6(5)11-7/h1-6,9,12H,7-8,10H2,(H,24,25);1-3H/t12-;/m1./s1. The number of thiazole rings is 2. The summed E-state index contributed by atoms with van der Waals surface area (Å²) in [5, 5.41) is 3.82. The topological polar surface area (TPSA) is 67.3 Å². The average molecular weight is 613 g/mol. The summed E-state index contributed by atoms with van der Waals surface area (Å²) in [6, 6.07) is 13.9. The van der Waals surface area contributed by atoms with Crippen molar-refractivity contribution in [2.75, 3.05) is 18.4 Å². The van der Waals surface area contributed by atoms with E-state index in [1.165, 1.54) is 70.0 Å². The van der Waals surface area contributed by atoms with Crippen LogP contribution in [0.1, 0.15) is 16.8 Å². The number of anilines is 1. The molecule has 0 saturated carbocycles. The van der Waals surface area contributed by atoms with Crippen LogP contribution in [0.4, 0.5) is 27.1 Å². The number of likely N-dealkylation sites (tertiary alicyclic amines) is 1. The fraction of sp³-hybridized carbons (Fsp3) is 0.192. The predicted molar refractivity (Wildman–Crippen MR) is 145 cm³/mol. The maximum Gasteiger partial charge on any atom is 0.573 e. The van der Waals surface area contributed by atoms with Gasteiger partial charge in [0.15, 0.2) is 9.60 Å². The number of fused-ring (bicyclic) bond motifs is 2. The smallest absolute Gasteiger partial charge is 0.405 e. The van der Waals surface area contributed by atoms with Gasteiger partial charge in [-0.15, -0.1) is 24.5 Å². The molecule has 1 amide bonds. The van der Waals surface area contributed by atoms with Crippen molar-refractivity contribution in [2.24, 2.45) is 0 Å². The lowest BCUT2D eigenvalue weighted by Crippen LogP contribution is -2.32. The molecule has 1 fully saturated rings. The first kappa shape index (κ1) is 28.0. The Labute approximate surface area is 237 Å². The van der Waals surface area contributed by atoms with E-state index in [2.05, 4.69) is 20.0 Å². The Morgan fingerprint density at radius 3 is 2.33 bits per heavy atom. The number of nitrogens with zero attached hydrogens (tertiary/aromatic N) is 3. The van der Waals surface area contributed by atoms with E-state index in [0.717, 1.165) is 16.3 Å². The second-order valence-electron chi connectivity index (χ2n) is 8.63. The van der Waals surface area contributed by atoms with Gasteiger partial charge in [-0.05, 0) is 55.0 Å². The van der Waals surface area contributed by atoms with E-state index in [4.69, 9.17) is 11.6 Å². The second kappa shape index (κ2) is 11.5. The van der Waals surface area contributed by atoms with Gasteiger partial charge in [-0.2, -0.15) is 0 Å². The Morgan fingerprint density at radius 2 is 1.62 bits per heavy atom. The highest BCUT2D eigenvalue weighted by Crippen LogP contribution is 2.30. The molecule has 1 aliphatic heterocycles. The zero-order chi connectivity index (χ0) is 28.4. The minimum absolute atomic E-state index is 0.111. The van der Waals surface area contributed by atoms with Crippen molar-refractivity contribution in [2.45, 2.75) is 18.8 Å². The number of para-hydroxylation sites is 1. The summed E-state index contributed by atoms with van der Waals surface area (Å²) in [7, 11) is 0. The number of amides is 1. The number of ether oxygens (including phenoxy) is 1. The minimum Gasteiger partial charge on any atom is -0.405 e. The molecule has 1 saturated heterocycles. The van der Waals surface area contributed by atoms with Gasteiger partial charge in [0.2, 0.25) is 0 Å². The number of rotatable bonds is 4. The summed E-state index contributed by atoms with van der Waals surface area (Å²) in [5.41, 5.74) is 1.28. The van der Waals surface area contributed by atoms with E-state index in [-0.39, 0.29) is 23.2 Å². The highest BCUT2D eigenvalue weighted by atomic mass is 35.5. The summed E-state index contributed by atoms with van der Waals surface area (Å²) in [5.74, 6) is -1.64. The maximum absolute atomic E-state index is 13.3. The second-order valence-corrected chi connectivity index (χ2v) is 11.3. The average Bonchev–Trinajstić information content (AvgIpc) is 3.60. The van der Waals surface area contributed by atoms with Gasteiger partial charge in [-0.25, -0.2) is 18.7 Å². The van der Waals surface area contributed by atoms with Crippen molar-refractivity contribution < 1.29 is 31.5 Å². The van der Waals surface area contributed by atoms with Crippen LogP contribution in [0.3, 0.4) is 0 Å². The van der Waals surface area contributed by atoms with Gasteiger partial charge in [-0.1, -0.05) is 35.1 Å². The molecule has 0 bridgehead atoms. The van der Waals surface area contributed by atoms with E-state index in [1.54, 1.807) is 12.1 Å². The molecular formula is C26H18ClF5N4O2S2. The maximum atomic E-state index is 13.3. The Bertz CT molecular complexity index is 1680. The fourth-order valence-corrected chi connectivity index (χ4v) is 6.12. The van der Waals surface area contributed by atoms with Crippen LogP contribution in [0.25, 0.3) is 20.4 Å². The molecule has 1 N–H and O–H groups in total. The summed E-state index contributed by atoms with van der Waals surface area (Å²) in [6.07, 6.45) is -4.27.